The van der Waals surface area contributed by atoms with Gasteiger partial charge in [0.25, 0.3) is 0 Å². The first kappa shape index (κ1) is 14.0. The topological polar surface area (TPSA) is 50.2 Å². The Labute approximate surface area is 110 Å². The molecule has 0 fully saturated rings. The molecule has 0 atom stereocenters. The Morgan fingerprint density at radius 3 is 2.40 bits per heavy atom. The Balaban J connectivity index is 2.73. The van der Waals surface area contributed by atoms with Gasteiger partial charge in [-0.05, 0) is 11.6 Å². The zero-order valence-electron chi connectivity index (χ0n) is 9.78. The van der Waals surface area contributed by atoms with Crippen molar-refractivity contribution in [2.75, 3.05) is 0 Å². The summed E-state index contributed by atoms with van der Waals surface area (Å²) in [6, 6.07) is 5.04. The molecule has 0 amide bonds. The molecule has 0 unspecified atom stereocenters. The minimum absolute atomic E-state index is 0.285. The predicted molar refractivity (Wildman–Crippen MR) is 61.6 cm³/mol. The van der Waals surface area contributed by atoms with Gasteiger partial charge in [0.1, 0.15) is 0 Å². The quantitative estimate of drug-likeness (QED) is 0.677. The Morgan fingerprint density at radius 1 is 1.15 bits per heavy atom. The van der Waals surface area contributed by atoms with Crippen LogP contribution >= 0.6 is 0 Å². The molecule has 104 valence electrons. The highest BCUT2D eigenvalue weighted by Crippen LogP contribution is 2.37. The molecule has 0 spiro atoms. The second kappa shape index (κ2) is 4.92. The summed E-state index contributed by atoms with van der Waals surface area (Å²) in [5, 5.41) is 8.97. The molecule has 1 heterocycles. The molecule has 0 aliphatic carbocycles. The maximum absolute atomic E-state index is 13.0. The second-order valence-electron chi connectivity index (χ2n) is 3.90. The molecule has 1 aromatic carbocycles. The molecule has 7 heteroatoms. The molecule has 3 nitrogen and oxygen atoms in total. The van der Waals surface area contributed by atoms with Crippen molar-refractivity contribution in [2.24, 2.45) is 0 Å². The lowest BCUT2D eigenvalue weighted by Crippen LogP contribution is -2.09. The van der Waals surface area contributed by atoms with Crippen LogP contribution < -0.4 is 0 Å². The van der Waals surface area contributed by atoms with Crippen molar-refractivity contribution in [1.82, 2.24) is 4.98 Å². The third-order valence-electron chi connectivity index (χ3n) is 2.62. The molecule has 1 N–H and O–H groups in total. The van der Waals surface area contributed by atoms with Gasteiger partial charge in [-0.3, -0.25) is 0 Å². The van der Waals surface area contributed by atoms with Gasteiger partial charge in [0.15, 0.2) is 0 Å². The number of halogens is 4. The van der Waals surface area contributed by atoms with E-state index in [1.54, 1.807) is 0 Å². The van der Waals surface area contributed by atoms with Gasteiger partial charge >= 0.3 is 12.1 Å². The highest BCUT2D eigenvalue weighted by Gasteiger charge is 2.34. The molecule has 0 saturated heterocycles. The van der Waals surface area contributed by atoms with Gasteiger partial charge in [-0.1, -0.05) is 18.2 Å². The van der Waals surface area contributed by atoms with E-state index in [1.807, 2.05) is 0 Å². The molecule has 0 aliphatic heterocycles. The predicted octanol–water partition coefficient (Wildman–Crippen LogP) is 3.60. The average Bonchev–Trinajstić information content (AvgIpc) is 2.37. The summed E-state index contributed by atoms with van der Waals surface area (Å²) >= 11 is 0. The molecule has 0 saturated carbocycles. The van der Waals surface area contributed by atoms with E-state index in [9.17, 15) is 22.4 Å². The molecule has 20 heavy (non-hydrogen) atoms. The number of rotatable bonds is 2. The van der Waals surface area contributed by atoms with Crippen LogP contribution in [0, 0.1) is 5.95 Å². The van der Waals surface area contributed by atoms with Crippen molar-refractivity contribution in [3.05, 3.63) is 53.6 Å². The normalized spacial score (nSPS) is 11.4. The van der Waals surface area contributed by atoms with Crippen molar-refractivity contribution < 1.29 is 27.5 Å². The van der Waals surface area contributed by atoms with Crippen LogP contribution in [0.4, 0.5) is 17.6 Å². The van der Waals surface area contributed by atoms with Gasteiger partial charge in [0.2, 0.25) is 5.95 Å². The number of aromatic carboxylic acids is 1. The van der Waals surface area contributed by atoms with Gasteiger partial charge in [-0.15, -0.1) is 0 Å². The summed E-state index contributed by atoms with van der Waals surface area (Å²) in [4.78, 5) is 14.3. The van der Waals surface area contributed by atoms with E-state index in [0.717, 1.165) is 18.3 Å². The maximum Gasteiger partial charge on any atom is 0.417 e. The standard InChI is InChI=1S/C13H7F4NO2/c14-11-5-8(12(19)20)9(6-18-11)7-3-1-2-4-10(7)13(15,16)17/h1-6H,(H,19,20). The van der Waals surface area contributed by atoms with Crippen LogP contribution in [0.15, 0.2) is 36.5 Å². The van der Waals surface area contributed by atoms with E-state index in [0.29, 0.717) is 6.07 Å². The number of carboxylic acid groups (broad SMARTS) is 1. The van der Waals surface area contributed by atoms with Gasteiger partial charge in [-0.2, -0.15) is 17.6 Å². The number of carboxylic acids is 1. The second-order valence-corrected chi connectivity index (χ2v) is 3.90. The zero-order chi connectivity index (χ0) is 14.9. The number of hydrogen-bond acceptors (Lipinski definition) is 2. The van der Waals surface area contributed by atoms with E-state index in [1.165, 1.54) is 12.1 Å². The maximum atomic E-state index is 13.0. The fourth-order valence-electron chi connectivity index (χ4n) is 1.79. The Morgan fingerprint density at radius 2 is 1.80 bits per heavy atom. The molecule has 0 radical (unpaired) electrons. The zero-order valence-corrected chi connectivity index (χ0v) is 9.78. The van der Waals surface area contributed by atoms with Crippen molar-refractivity contribution in [1.29, 1.82) is 0 Å². The summed E-state index contributed by atoms with van der Waals surface area (Å²) in [6.07, 6.45) is -3.87. The first-order valence-electron chi connectivity index (χ1n) is 5.36. The van der Waals surface area contributed by atoms with Crippen LogP contribution in [-0.4, -0.2) is 16.1 Å². The molecule has 0 aliphatic rings. The number of aromatic nitrogens is 1. The summed E-state index contributed by atoms with van der Waals surface area (Å²) < 4.78 is 51.7. The fraction of sp³-hybridized carbons (Fsp3) is 0.0769. The lowest BCUT2D eigenvalue weighted by Gasteiger charge is -2.14. The van der Waals surface area contributed by atoms with Crippen LogP contribution in [0.3, 0.4) is 0 Å². The van der Waals surface area contributed by atoms with E-state index in [4.69, 9.17) is 5.11 Å². The third-order valence-corrected chi connectivity index (χ3v) is 2.62. The van der Waals surface area contributed by atoms with Crippen LogP contribution in [0.5, 0.6) is 0 Å². The highest BCUT2D eigenvalue weighted by atomic mass is 19.4. The summed E-state index contributed by atoms with van der Waals surface area (Å²) in [5.41, 5.74) is -2.22. The smallest absolute Gasteiger partial charge is 0.417 e. The Hall–Kier alpha value is -2.44. The van der Waals surface area contributed by atoms with Crippen molar-refractivity contribution in [3.63, 3.8) is 0 Å². The fourth-order valence-corrected chi connectivity index (χ4v) is 1.79. The number of alkyl halides is 3. The minimum atomic E-state index is -4.65. The van der Waals surface area contributed by atoms with E-state index in [-0.39, 0.29) is 11.1 Å². The van der Waals surface area contributed by atoms with Crippen molar-refractivity contribution >= 4 is 5.97 Å². The molecule has 2 aromatic rings. The minimum Gasteiger partial charge on any atom is -0.478 e. The lowest BCUT2D eigenvalue weighted by molar-refractivity contribution is -0.137. The van der Waals surface area contributed by atoms with Crippen molar-refractivity contribution in [3.8, 4) is 11.1 Å². The van der Waals surface area contributed by atoms with Crippen LogP contribution in [-0.2, 0) is 6.18 Å². The monoisotopic (exact) mass is 285 g/mol. The lowest BCUT2D eigenvalue weighted by atomic mass is 9.97. The first-order valence-corrected chi connectivity index (χ1v) is 5.36. The number of benzene rings is 1. The summed E-state index contributed by atoms with van der Waals surface area (Å²) in [6.45, 7) is 0. The Kier molecular flexibility index (Phi) is 3.44. The number of carbonyl (C=O) groups is 1. The number of pyridine rings is 1. The SMILES string of the molecule is O=C(O)c1cc(F)ncc1-c1ccccc1C(F)(F)F. The van der Waals surface area contributed by atoms with E-state index >= 15 is 0 Å². The van der Waals surface area contributed by atoms with Crippen LogP contribution in [0.25, 0.3) is 11.1 Å². The summed E-state index contributed by atoms with van der Waals surface area (Å²) in [7, 11) is 0. The first-order chi connectivity index (χ1) is 9.30. The van der Waals surface area contributed by atoms with Gasteiger partial charge in [0, 0.05) is 17.8 Å². The summed E-state index contributed by atoms with van der Waals surface area (Å²) in [5.74, 6) is -2.60. The molecular formula is C13H7F4NO2. The molecule has 1 aromatic heterocycles. The Bertz CT molecular complexity index is 668. The third kappa shape index (κ3) is 2.61. The van der Waals surface area contributed by atoms with Crippen LogP contribution in [0.1, 0.15) is 15.9 Å². The van der Waals surface area contributed by atoms with Crippen LogP contribution in [0.2, 0.25) is 0 Å². The highest BCUT2D eigenvalue weighted by molar-refractivity contribution is 5.96. The molecule has 2 rings (SSSR count). The van der Waals surface area contributed by atoms with Gasteiger partial charge in [0.05, 0.1) is 11.1 Å². The largest absolute Gasteiger partial charge is 0.478 e. The van der Waals surface area contributed by atoms with Gasteiger partial charge < -0.3 is 5.11 Å². The number of hydrogen-bond donors (Lipinski definition) is 1. The molecular weight excluding hydrogens is 278 g/mol. The average molecular weight is 285 g/mol. The van der Waals surface area contributed by atoms with E-state index < -0.39 is 29.2 Å². The molecule has 0 bridgehead atoms. The van der Waals surface area contributed by atoms with Gasteiger partial charge in [-0.25, -0.2) is 9.78 Å². The van der Waals surface area contributed by atoms with Crippen molar-refractivity contribution in [2.45, 2.75) is 6.18 Å². The van der Waals surface area contributed by atoms with E-state index in [2.05, 4.69) is 4.98 Å². The number of nitrogens with zero attached hydrogens (tertiary/aromatic N) is 1.